The highest BCUT2D eigenvalue weighted by atomic mass is 16.6. The average Bonchev–Trinajstić information content (AvgIpc) is 2.91. The average molecular weight is 534 g/mol. The number of azo groups is 1. The van der Waals surface area contributed by atoms with Crippen LogP contribution in [0.2, 0.25) is 0 Å². The second-order valence-electron chi connectivity index (χ2n) is 8.30. The van der Waals surface area contributed by atoms with Crippen molar-refractivity contribution in [2.75, 3.05) is 19.8 Å². The first kappa shape index (κ1) is 28.4. The highest BCUT2D eigenvalue weighted by Crippen LogP contribution is 2.36. The molecule has 0 spiro atoms. The number of phenolic OH excluding ortho intramolecular Hbond substituents is 3. The molecule has 39 heavy (non-hydrogen) atoms. The Morgan fingerprint density at radius 2 is 1.56 bits per heavy atom. The molecule has 0 aliphatic carbocycles. The molecule has 3 aromatic rings. The molecule has 0 atom stereocenters. The van der Waals surface area contributed by atoms with Gasteiger partial charge in [-0.1, -0.05) is 30.8 Å². The topological polar surface area (TPSA) is 167 Å². The highest BCUT2D eigenvalue weighted by Gasteiger charge is 2.19. The number of ether oxygens (including phenoxy) is 2. The normalized spacial score (nSPS) is 10.7. The van der Waals surface area contributed by atoms with E-state index in [0.717, 1.165) is 11.6 Å². The molecule has 0 aliphatic heterocycles. The standard InChI is InChI=1S/C28H27N3O8/c1-17(2)27(36)38-14-12-29-28(37)39-13-11-18-7-9-19(10-8-18)30-31-22-15-21(24(33)16-25(22)34)26(35)20-5-3-4-6-23(20)32/h3-10,15-16,32-34H,1,11-14H2,2H3,(H,29,37). The number of nitrogens with one attached hydrogen (secondary N) is 1. The number of benzene rings is 3. The molecule has 0 saturated carbocycles. The fourth-order valence-electron chi connectivity index (χ4n) is 3.21. The molecular weight excluding hydrogens is 506 g/mol. The Morgan fingerprint density at radius 3 is 2.26 bits per heavy atom. The third-order valence-corrected chi connectivity index (χ3v) is 5.27. The SMILES string of the molecule is C=C(C)C(=O)OCCNC(=O)OCCc1ccc(N=Nc2cc(C(=O)c3ccccc3O)c(O)cc2O)cc1. The smallest absolute Gasteiger partial charge is 0.407 e. The Bertz CT molecular complexity index is 1400. The summed E-state index contributed by atoms with van der Waals surface area (Å²) in [6.07, 6.45) is -0.202. The van der Waals surface area contributed by atoms with Crippen LogP contribution < -0.4 is 5.32 Å². The molecule has 0 saturated heterocycles. The van der Waals surface area contributed by atoms with Gasteiger partial charge in [0, 0.05) is 18.1 Å². The number of phenols is 3. The van der Waals surface area contributed by atoms with Gasteiger partial charge in [0.25, 0.3) is 0 Å². The van der Waals surface area contributed by atoms with E-state index in [4.69, 9.17) is 9.47 Å². The van der Waals surface area contributed by atoms with Crippen molar-refractivity contribution in [2.45, 2.75) is 13.3 Å². The number of hydrogen-bond acceptors (Lipinski definition) is 10. The molecule has 0 heterocycles. The van der Waals surface area contributed by atoms with E-state index < -0.39 is 23.6 Å². The minimum atomic E-state index is -0.645. The molecule has 0 unspecified atom stereocenters. The van der Waals surface area contributed by atoms with Gasteiger partial charge in [0.05, 0.1) is 30.0 Å². The molecule has 11 nitrogen and oxygen atoms in total. The van der Waals surface area contributed by atoms with Crippen molar-refractivity contribution in [1.82, 2.24) is 5.32 Å². The van der Waals surface area contributed by atoms with Gasteiger partial charge in [-0.15, -0.1) is 5.11 Å². The summed E-state index contributed by atoms with van der Waals surface area (Å²) in [6.45, 7) is 5.22. The number of aromatic hydroxyl groups is 3. The monoisotopic (exact) mass is 533 g/mol. The van der Waals surface area contributed by atoms with Crippen LogP contribution in [0, 0.1) is 0 Å². The van der Waals surface area contributed by atoms with E-state index in [1.54, 1.807) is 36.4 Å². The molecule has 0 radical (unpaired) electrons. The second-order valence-corrected chi connectivity index (χ2v) is 8.30. The fourth-order valence-corrected chi connectivity index (χ4v) is 3.21. The number of nitrogens with zero attached hydrogens (tertiary/aromatic N) is 2. The number of ketones is 1. The molecule has 4 N–H and O–H groups in total. The number of para-hydroxylation sites is 1. The van der Waals surface area contributed by atoms with Crippen molar-refractivity contribution in [3.63, 3.8) is 0 Å². The number of alkyl carbamates (subject to hydrolysis) is 1. The quantitative estimate of drug-likeness (QED) is 0.0893. The van der Waals surface area contributed by atoms with Gasteiger partial charge in [-0.3, -0.25) is 4.79 Å². The summed E-state index contributed by atoms with van der Waals surface area (Å²) < 4.78 is 9.95. The molecule has 202 valence electrons. The lowest BCUT2D eigenvalue weighted by Crippen LogP contribution is -2.29. The molecule has 0 aromatic heterocycles. The predicted octanol–water partition coefficient (Wildman–Crippen LogP) is 4.84. The van der Waals surface area contributed by atoms with E-state index >= 15 is 0 Å². The molecule has 0 aliphatic rings. The summed E-state index contributed by atoms with van der Waals surface area (Å²) in [4.78, 5) is 35.7. The first-order valence-electron chi connectivity index (χ1n) is 11.8. The Balaban J connectivity index is 1.53. The number of esters is 1. The molecule has 3 aromatic carbocycles. The lowest BCUT2D eigenvalue weighted by atomic mass is 10.0. The number of carbonyl (C=O) groups is 3. The van der Waals surface area contributed by atoms with E-state index in [2.05, 4.69) is 22.1 Å². The highest BCUT2D eigenvalue weighted by molar-refractivity contribution is 6.12. The van der Waals surface area contributed by atoms with Crippen LogP contribution in [-0.4, -0.2) is 52.9 Å². The van der Waals surface area contributed by atoms with Crippen LogP contribution >= 0.6 is 0 Å². The summed E-state index contributed by atoms with van der Waals surface area (Å²) in [7, 11) is 0. The van der Waals surface area contributed by atoms with Gasteiger partial charge in [0.2, 0.25) is 5.78 Å². The van der Waals surface area contributed by atoms with Crippen molar-refractivity contribution >= 4 is 29.2 Å². The van der Waals surface area contributed by atoms with E-state index in [9.17, 15) is 29.7 Å². The van der Waals surface area contributed by atoms with Crippen LogP contribution in [-0.2, 0) is 20.7 Å². The minimum Gasteiger partial charge on any atom is -0.507 e. The Morgan fingerprint density at radius 1 is 0.846 bits per heavy atom. The van der Waals surface area contributed by atoms with Gasteiger partial charge in [0.1, 0.15) is 29.5 Å². The van der Waals surface area contributed by atoms with Crippen LogP contribution in [0.1, 0.15) is 28.4 Å². The maximum absolute atomic E-state index is 12.8. The molecule has 0 bridgehead atoms. The van der Waals surface area contributed by atoms with Gasteiger partial charge in [-0.05, 0) is 42.8 Å². The lowest BCUT2D eigenvalue weighted by molar-refractivity contribution is -0.138. The largest absolute Gasteiger partial charge is 0.507 e. The Labute approximate surface area is 224 Å². The lowest BCUT2D eigenvalue weighted by Gasteiger charge is -2.08. The molecule has 11 heteroatoms. The van der Waals surface area contributed by atoms with Crippen LogP contribution in [0.5, 0.6) is 17.2 Å². The van der Waals surface area contributed by atoms with Crippen LogP contribution in [0.4, 0.5) is 16.2 Å². The zero-order chi connectivity index (χ0) is 28.4. The first-order valence-corrected chi connectivity index (χ1v) is 11.8. The van der Waals surface area contributed by atoms with Gasteiger partial charge < -0.3 is 30.1 Å². The van der Waals surface area contributed by atoms with Gasteiger partial charge >= 0.3 is 12.1 Å². The van der Waals surface area contributed by atoms with Crippen LogP contribution in [0.3, 0.4) is 0 Å². The predicted molar refractivity (Wildman–Crippen MR) is 141 cm³/mol. The summed E-state index contributed by atoms with van der Waals surface area (Å²) in [5.41, 5.74) is 1.36. The van der Waals surface area contributed by atoms with E-state index in [1.807, 2.05) is 0 Å². The van der Waals surface area contributed by atoms with Gasteiger partial charge in [-0.25, -0.2) is 9.59 Å². The number of hydrogen-bond donors (Lipinski definition) is 4. The molecule has 3 rings (SSSR count). The maximum atomic E-state index is 12.8. The number of rotatable bonds is 11. The Kier molecular flexibility index (Phi) is 9.74. The maximum Gasteiger partial charge on any atom is 0.407 e. The zero-order valence-electron chi connectivity index (χ0n) is 21.1. The van der Waals surface area contributed by atoms with Crippen molar-refractivity contribution in [3.05, 3.63) is 89.5 Å². The molecule has 1 amide bonds. The third kappa shape index (κ3) is 8.15. The van der Waals surface area contributed by atoms with Crippen molar-refractivity contribution in [2.24, 2.45) is 10.2 Å². The number of carbonyl (C=O) groups excluding carboxylic acids is 3. The van der Waals surface area contributed by atoms with Gasteiger partial charge in [-0.2, -0.15) is 5.11 Å². The summed E-state index contributed by atoms with van der Waals surface area (Å²) in [5, 5.41) is 40.8. The third-order valence-electron chi connectivity index (χ3n) is 5.27. The van der Waals surface area contributed by atoms with Crippen molar-refractivity contribution in [3.8, 4) is 17.2 Å². The summed E-state index contributed by atoms with van der Waals surface area (Å²) >= 11 is 0. The molecular formula is C28H27N3O8. The zero-order valence-corrected chi connectivity index (χ0v) is 21.1. The fraction of sp³-hybridized carbons (Fsp3) is 0.179. The van der Waals surface area contributed by atoms with Gasteiger partial charge in [0.15, 0.2) is 0 Å². The number of amides is 1. The Hall–Kier alpha value is -5.19. The molecule has 0 fully saturated rings. The second kappa shape index (κ2) is 13.4. The van der Waals surface area contributed by atoms with E-state index in [-0.39, 0.29) is 53.6 Å². The van der Waals surface area contributed by atoms with Crippen LogP contribution in [0.25, 0.3) is 0 Å². The van der Waals surface area contributed by atoms with E-state index in [0.29, 0.717) is 12.1 Å². The van der Waals surface area contributed by atoms with Crippen molar-refractivity contribution < 1.29 is 39.2 Å². The van der Waals surface area contributed by atoms with Crippen molar-refractivity contribution in [1.29, 1.82) is 0 Å². The summed E-state index contributed by atoms with van der Waals surface area (Å²) in [5.74, 6) is -2.27. The van der Waals surface area contributed by atoms with Crippen LogP contribution in [0.15, 0.2) is 83.0 Å². The first-order chi connectivity index (χ1) is 18.7. The summed E-state index contributed by atoms with van der Waals surface area (Å²) in [6, 6.07) is 14.9. The van der Waals surface area contributed by atoms with E-state index in [1.165, 1.54) is 25.1 Å². The minimum absolute atomic E-state index is 0.00691.